The van der Waals surface area contributed by atoms with Gasteiger partial charge in [0.15, 0.2) is 0 Å². The van der Waals surface area contributed by atoms with Crippen LogP contribution in [0.3, 0.4) is 0 Å². The third-order valence-corrected chi connectivity index (χ3v) is 3.72. The molecule has 3 heteroatoms. The highest BCUT2D eigenvalue weighted by molar-refractivity contribution is 5.70. The molecule has 18 heavy (non-hydrogen) atoms. The van der Waals surface area contributed by atoms with Gasteiger partial charge in [0.1, 0.15) is 0 Å². The van der Waals surface area contributed by atoms with Crippen LogP contribution in [0, 0.1) is 18.8 Å². The molecule has 0 saturated carbocycles. The molecule has 0 aromatic heterocycles. The maximum absolute atomic E-state index is 11.4. The molecule has 1 heterocycles. The van der Waals surface area contributed by atoms with Crippen LogP contribution < -0.4 is 0 Å². The molecule has 0 aliphatic carbocycles. The topological polar surface area (TPSA) is 46.5 Å². The zero-order valence-corrected chi connectivity index (χ0v) is 10.8. The molecule has 2 atom stereocenters. The molecule has 0 radical (unpaired) electrons. The number of carboxylic acids is 1. The summed E-state index contributed by atoms with van der Waals surface area (Å²) in [7, 11) is 0. The molecule has 2 rings (SSSR count). The van der Waals surface area contributed by atoms with Crippen LogP contribution in [0.2, 0.25) is 0 Å². The fourth-order valence-corrected chi connectivity index (χ4v) is 2.55. The summed E-state index contributed by atoms with van der Waals surface area (Å²) in [6.45, 7) is 3.53. The SMILES string of the molecule is Cc1ccccc1CC(CC1CCOC1)C(=O)O. The predicted octanol–water partition coefficient (Wildman–Crippen LogP) is 2.66. The first-order valence-corrected chi connectivity index (χ1v) is 6.52. The minimum absolute atomic E-state index is 0.294. The second-order valence-electron chi connectivity index (χ2n) is 5.13. The van der Waals surface area contributed by atoms with Gasteiger partial charge in [-0.25, -0.2) is 0 Å². The molecule has 1 fully saturated rings. The summed E-state index contributed by atoms with van der Waals surface area (Å²) in [6, 6.07) is 8.02. The molecule has 1 aromatic rings. The Hall–Kier alpha value is -1.35. The highest BCUT2D eigenvalue weighted by Crippen LogP contribution is 2.25. The van der Waals surface area contributed by atoms with Gasteiger partial charge in [-0.15, -0.1) is 0 Å². The van der Waals surface area contributed by atoms with Crippen LogP contribution in [0.5, 0.6) is 0 Å². The van der Waals surface area contributed by atoms with Crippen LogP contribution in [-0.2, 0) is 16.0 Å². The molecule has 0 spiro atoms. The van der Waals surface area contributed by atoms with Gasteiger partial charge in [-0.1, -0.05) is 24.3 Å². The van der Waals surface area contributed by atoms with E-state index >= 15 is 0 Å². The van der Waals surface area contributed by atoms with Crippen molar-refractivity contribution in [2.75, 3.05) is 13.2 Å². The minimum atomic E-state index is -0.690. The number of aryl methyl sites for hydroxylation is 1. The molecular weight excluding hydrogens is 228 g/mol. The van der Waals surface area contributed by atoms with Crippen LogP contribution in [0.15, 0.2) is 24.3 Å². The molecule has 0 amide bonds. The number of aliphatic carboxylic acids is 1. The van der Waals surface area contributed by atoms with Crippen molar-refractivity contribution in [1.82, 2.24) is 0 Å². The number of ether oxygens (including phenoxy) is 1. The molecule has 98 valence electrons. The molecule has 2 unspecified atom stereocenters. The maximum Gasteiger partial charge on any atom is 0.306 e. The Kier molecular flexibility index (Phi) is 4.37. The number of carboxylic acid groups (broad SMARTS) is 1. The third kappa shape index (κ3) is 3.33. The van der Waals surface area contributed by atoms with Crippen LogP contribution >= 0.6 is 0 Å². The smallest absolute Gasteiger partial charge is 0.306 e. The zero-order valence-electron chi connectivity index (χ0n) is 10.8. The first-order valence-electron chi connectivity index (χ1n) is 6.52. The first kappa shape index (κ1) is 13.1. The Labute approximate surface area is 108 Å². The van der Waals surface area contributed by atoms with Gasteiger partial charge in [-0.05, 0) is 43.2 Å². The summed E-state index contributed by atoms with van der Waals surface area (Å²) >= 11 is 0. The molecule has 1 N–H and O–H groups in total. The summed E-state index contributed by atoms with van der Waals surface area (Å²) in [5, 5.41) is 9.34. The van der Waals surface area contributed by atoms with E-state index in [0.717, 1.165) is 31.6 Å². The molecule has 1 aliphatic heterocycles. The van der Waals surface area contributed by atoms with Crippen LogP contribution in [0.4, 0.5) is 0 Å². The van der Waals surface area contributed by atoms with Crippen LogP contribution in [-0.4, -0.2) is 24.3 Å². The van der Waals surface area contributed by atoms with Crippen molar-refractivity contribution in [3.63, 3.8) is 0 Å². The molecule has 1 saturated heterocycles. The Bertz CT molecular complexity index is 408. The quantitative estimate of drug-likeness (QED) is 0.871. The first-order chi connectivity index (χ1) is 8.66. The van der Waals surface area contributed by atoms with Crippen LogP contribution in [0.25, 0.3) is 0 Å². The lowest BCUT2D eigenvalue weighted by Crippen LogP contribution is -2.21. The molecule has 0 bridgehead atoms. The van der Waals surface area contributed by atoms with E-state index in [1.165, 1.54) is 5.56 Å². The molecule has 1 aliphatic rings. The van der Waals surface area contributed by atoms with Gasteiger partial charge in [0.25, 0.3) is 0 Å². The Morgan fingerprint density at radius 2 is 2.28 bits per heavy atom. The van der Waals surface area contributed by atoms with E-state index in [9.17, 15) is 9.90 Å². The predicted molar refractivity (Wildman–Crippen MR) is 69.6 cm³/mol. The number of hydrogen-bond donors (Lipinski definition) is 1. The molecule has 1 aromatic carbocycles. The summed E-state index contributed by atoms with van der Waals surface area (Å²) in [5.41, 5.74) is 2.32. The average molecular weight is 248 g/mol. The monoisotopic (exact) mass is 248 g/mol. The van der Waals surface area contributed by atoms with Crippen molar-refractivity contribution >= 4 is 5.97 Å². The van der Waals surface area contributed by atoms with Crippen molar-refractivity contribution in [1.29, 1.82) is 0 Å². The summed E-state index contributed by atoms with van der Waals surface area (Å²) in [4.78, 5) is 11.4. The number of rotatable bonds is 5. The fourth-order valence-electron chi connectivity index (χ4n) is 2.55. The highest BCUT2D eigenvalue weighted by Gasteiger charge is 2.25. The minimum Gasteiger partial charge on any atom is -0.481 e. The molecular formula is C15H20O3. The van der Waals surface area contributed by atoms with Gasteiger partial charge in [-0.2, -0.15) is 0 Å². The zero-order chi connectivity index (χ0) is 13.0. The number of carbonyl (C=O) groups is 1. The fraction of sp³-hybridized carbons (Fsp3) is 0.533. The number of benzene rings is 1. The third-order valence-electron chi connectivity index (χ3n) is 3.72. The van der Waals surface area contributed by atoms with Gasteiger partial charge in [0.2, 0.25) is 0 Å². The second-order valence-corrected chi connectivity index (χ2v) is 5.13. The van der Waals surface area contributed by atoms with Gasteiger partial charge in [0.05, 0.1) is 5.92 Å². The lowest BCUT2D eigenvalue weighted by Gasteiger charge is -2.17. The van der Waals surface area contributed by atoms with Crippen molar-refractivity contribution in [3.8, 4) is 0 Å². The second kappa shape index (κ2) is 6.01. The number of hydrogen-bond acceptors (Lipinski definition) is 2. The normalized spacial score (nSPS) is 20.8. The van der Waals surface area contributed by atoms with E-state index in [1.807, 2.05) is 31.2 Å². The van der Waals surface area contributed by atoms with Crippen molar-refractivity contribution in [2.24, 2.45) is 11.8 Å². The summed E-state index contributed by atoms with van der Waals surface area (Å²) < 4.78 is 5.32. The van der Waals surface area contributed by atoms with E-state index < -0.39 is 5.97 Å². The van der Waals surface area contributed by atoms with Gasteiger partial charge >= 0.3 is 5.97 Å². The lowest BCUT2D eigenvalue weighted by molar-refractivity contribution is -0.142. The van der Waals surface area contributed by atoms with E-state index in [0.29, 0.717) is 12.3 Å². The van der Waals surface area contributed by atoms with E-state index in [4.69, 9.17) is 4.74 Å². The van der Waals surface area contributed by atoms with E-state index in [2.05, 4.69) is 0 Å². The van der Waals surface area contributed by atoms with Gasteiger partial charge < -0.3 is 9.84 Å². The molecule has 3 nitrogen and oxygen atoms in total. The lowest BCUT2D eigenvalue weighted by atomic mass is 9.88. The van der Waals surface area contributed by atoms with Gasteiger partial charge in [0, 0.05) is 13.2 Å². The summed E-state index contributed by atoms with van der Waals surface area (Å²) in [6.07, 6.45) is 2.35. The maximum atomic E-state index is 11.4. The standard InChI is InChI=1S/C15H20O3/c1-11-4-2-3-5-13(11)9-14(15(16)17)8-12-6-7-18-10-12/h2-5,12,14H,6-10H2,1H3,(H,16,17). The largest absolute Gasteiger partial charge is 0.481 e. The van der Waals surface area contributed by atoms with E-state index in [1.54, 1.807) is 0 Å². The van der Waals surface area contributed by atoms with Crippen LogP contribution in [0.1, 0.15) is 24.0 Å². The van der Waals surface area contributed by atoms with Gasteiger partial charge in [-0.3, -0.25) is 4.79 Å². The van der Waals surface area contributed by atoms with Crippen molar-refractivity contribution < 1.29 is 14.6 Å². The van der Waals surface area contributed by atoms with E-state index in [-0.39, 0.29) is 5.92 Å². The van der Waals surface area contributed by atoms with Crippen molar-refractivity contribution in [2.45, 2.75) is 26.2 Å². The Morgan fingerprint density at radius 1 is 1.50 bits per heavy atom. The van der Waals surface area contributed by atoms with Crippen molar-refractivity contribution in [3.05, 3.63) is 35.4 Å². The Morgan fingerprint density at radius 3 is 2.89 bits per heavy atom. The Balaban J connectivity index is 2.02. The highest BCUT2D eigenvalue weighted by atomic mass is 16.5. The average Bonchev–Trinajstić information content (AvgIpc) is 2.83. The summed E-state index contributed by atoms with van der Waals surface area (Å²) in [5.74, 6) is -0.571.